The highest BCUT2D eigenvalue weighted by atomic mass is 16.5. The average Bonchev–Trinajstić information content (AvgIpc) is 3.07. The number of likely N-dealkylation sites (tertiary alicyclic amines) is 1. The molecule has 170 valence electrons. The van der Waals surface area contributed by atoms with E-state index in [4.69, 9.17) is 4.74 Å². The first-order valence-electron chi connectivity index (χ1n) is 11.1. The third-order valence-corrected chi connectivity index (χ3v) is 6.04. The van der Waals surface area contributed by atoms with Crippen LogP contribution in [0, 0.1) is 6.92 Å². The number of ketones is 1. The summed E-state index contributed by atoms with van der Waals surface area (Å²) in [6.45, 7) is 9.35. The molecule has 1 aliphatic heterocycles. The average molecular weight is 437 g/mol. The van der Waals surface area contributed by atoms with Crippen LogP contribution in [0.5, 0.6) is 5.75 Å². The lowest BCUT2D eigenvalue weighted by Crippen LogP contribution is -2.33. The van der Waals surface area contributed by atoms with Crippen molar-refractivity contribution in [3.63, 3.8) is 0 Å². The predicted octanol–water partition coefficient (Wildman–Crippen LogP) is 4.16. The van der Waals surface area contributed by atoms with Crippen LogP contribution >= 0.6 is 0 Å². The van der Waals surface area contributed by atoms with Crippen molar-refractivity contribution in [3.05, 3.63) is 70.8 Å². The molecule has 1 N–H and O–H groups in total. The number of ether oxygens (including phenoxy) is 1. The van der Waals surface area contributed by atoms with Crippen LogP contribution in [0.3, 0.4) is 0 Å². The molecule has 0 spiro atoms. The third-order valence-electron chi connectivity index (χ3n) is 6.04. The molecular weight excluding hydrogens is 404 g/mol. The molecule has 0 radical (unpaired) electrons. The highest BCUT2D eigenvalue weighted by molar-refractivity contribution is 6.46. The lowest BCUT2D eigenvalue weighted by atomic mass is 9.94. The molecule has 6 heteroatoms. The maximum atomic E-state index is 13.1. The third kappa shape index (κ3) is 4.86. The number of rotatable bonds is 9. The molecule has 1 atom stereocenters. The number of methoxy groups -OCH3 is 1. The lowest BCUT2D eigenvalue weighted by molar-refractivity contribution is -0.140. The van der Waals surface area contributed by atoms with Crippen LogP contribution in [0.1, 0.15) is 43.0 Å². The van der Waals surface area contributed by atoms with E-state index < -0.39 is 17.7 Å². The Labute approximate surface area is 190 Å². The Hall–Kier alpha value is -3.12. The summed E-state index contributed by atoms with van der Waals surface area (Å²) in [7, 11) is 1.54. The number of carbonyl (C=O) groups is 2. The number of hydrogen-bond acceptors (Lipinski definition) is 5. The maximum Gasteiger partial charge on any atom is 0.295 e. The molecule has 6 nitrogen and oxygen atoms in total. The summed E-state index contributed by atoms with van der Waals surface area (Å²) in [4.78, 5) is 30.0. The lowest BCUT2D eigenvalue weighted by Gasteiger charge is -2.27. The van der Waals surface area contributed by atoms with Crippen molar-refractivity contribution in [1.29, 1.82) is 0 Å². The van der Waals surface area contributed by atoms with Crippen LogP contribution in [0.25, 0.3) is 5.76 Å². The molecule has 3 rings (SSSR count). The summed E-state index contributed by atoms with van der Waals surface area (Å²) < 4.78 is 5.26. The summed E-state index contributed by atoms with van der Waals surface area (Å²) in [6.07, 6.45) is 0.746. The molecule has 0 bridgehead atoms. The van der Waals surface area contributed by atoms with Gasteiger partial charge in [-0.1, -0.05) is 55.8 Å². The van der Waals surface area contributed by atoms with Crippen molar-refractivity contribution in [1.82, 2.24) is 9.80 Å². The fourth-order valence-electron chi connectivity index (χ4n) is 4.14. The van der Waals surface area contributed by atoms with Crippen LogP contribution in [-0.4, -0.2) is 59.9 Å². The van der Waals surface area contributed by atoms with Crippen molar-refractivity contribution < 1.29 is 19.4 Å². The van der Waals surface area contributed by atoms with Gasteiger partial charge in [0.05, 0.1) is 18.7 Å². The number of amides is 1. The molecule has 0 unspecified atom stereocenters. The van der Waals surface area contributed by atoms with E-state index in [-0.39, 0.29) is 11.3 Å². The van der Waals surface area contributed by atoms with E-state index in [0.717, 1.165) is 37.2 Å². The fraction of sp³-hybridized carbons (Fsp3) is 0.385. The monoisotopic (exact) mass is 436 g/mol. The molecule has 0 aliphatic carbocycles. The molecule has 0 aromatic heterocycles. The van der Waals surface area contributed by atoms with Gasteiger partial charge in [-0.25, -0.2) is 0 Å². The zero-order valence-electron chi connectivity index (χ0n) is 19.3. The number of hydrogen-bond donors (Lipinski definition) is 1. The van der Waals surface area contributed by atoms with E-state index in [1.54, 1.807) is 36.3 Å². The smallest absolute Gasteiger partial charge is 0.295 e. The number of carbonyl (C=O) groups excluding carboxylic acids is 2. The Morgan fingerprint density at radius 1 is 1.09 bits per heavy atom. The van der Waals surface area contributed by atoms with Crippen molar-refractivity contribution in [2.75, 3.05) is 33.3 Å². The quantitative estimate of drug-likeness (QED) is 0.363. The number of aliphatic hydroxyl groups is 1. The second-order valence-corrected chi connectivity index (χ2v) is 8.02. The Balaban J connectivity index is 2.03. The SMILES string of the molecule is CCN(CC)CCCN1C(=O)C(=O)C(=C(O)c2cccc(OC)c2)[C@H]1c1ccc(C)cc1. The molecule has 1 heterocycles. The van der Waals surface area contributed by atoms with E-state index in [1.165, 1.54) is 0 Å². The van der Waals surface area contributed by atoms with Crippen molar-refractivity contribution >= 4 is 17.4 Å². The minimum absolute atomic E-state index is 0.120. The van der Waals surface area contributed by atoms with E-state index >= 15 is 0 Å². The molecule has 32 heavy (non-hydrogen) atoms. The van der Waals surface area contributed by atoms with Crippen LogP contribution in [-0.2, 0) is 9.59 Å². The predicted molar refractivity (Wildman–Crippen MR) is 126 cm³/mol. The summed E-state index contributed by atoms with van der Waals surface area (Å²) in [5.74, 6) is -0.841. The van der Waals surface area contributed by atoms with Crippen LogP contribution in [0.15, 0.2) is 54.1 Å². The second kappa shape index (κ2) is 10.5. The fourth-order valence-corrected chi connectivity index (χ4v) is 4.14. The summed E-state index contributed by atoms with van der Waals surface area (Å²) in [6, 6.07) is 14.0. The van der Waals surface area contributed by atoms with Gasteiger partial charge in [-0.3, -0.25) is 9.59 Å². The second-order valence-electron chi connectivity index (χ2n) is 8.02. The maximum absolute atomic E-state index is 13.1. The largest absolute Gasteiger partial charge is 0.507 e. The zero-order chi connectivity index (χ0) is 23.3. The highest BCUT2D eigenvalue weighted by Crippen LogP contribution is 2.39. The van der Waals surface area contributed by atoms with Gasteiger partial charge in [-0.2, -0.15) is 0 Å². The first kappa shape index (κ1) is 23.5. The number of benzene rings is 2. The highest BCUT2D eigenvalue weighted by Gasteiger charge is 2.45. The van der Waals surface area contributed by atoms with E-state index in [1.807, 2.05) is 31.2 Å². The van der Waals surface area contributed by atoms with Crippen molar-refractivity contribution in [3.8, 4) is 5.75 Å². The van der Waals surface area contributed by atoms with Gasteiger partial charge in [-0.05, 0) is 50.7 Å². The zero-order valence-corrected chi connectivity index (χ0v) is 19.3. The van der Waals surface area contributed by atoms with Gasteiger partial charge in [-0.15, -0.1) is 0 Å². The molecular formula is C26H32N2O4. The normalized spacial score (nSPS) is 17.9. The Morgan fingerprint density at radius 2 is 1.78 bits per heavy atom. The van der Waals surface area contributed by atoms with Gasteiger partial charge in [0.1, 0.15) is 11.5 Å². The van der Waals surface area contributed by atoms with Crippen LogP contribution in [0.4, 0.5) is 0 Å². The number of aliphatic hydroxyl groups excluding tert-OH is 1. The molecule has 2 aromatic carbocycles. The minimum Gasteiger partial charge on any atom is -0.507 e. The number of Topliss-reactive ketones (excluding diaryl/α,β-unsaturated/α-hetero) is 1. The Bertz CT molecular complexity index is 993. The van der Waals surface area contributed by atoms with Gasteiger partial charge in [0, 0.05) is 12.1 Å². The summed E-state index contributed by atoms with van der Waals surface area (Å²) >= 11 is 0. The van der Waals surface area contributed by atoms with Gasteiger partial charge >= 0.3 is 0 Å². The van der Waals surface area contributed by atoms with Crippen LogP contribution in [0.2, 0.25) is 0 Å². The van der Waals surface area contributed by atoms with Gasteiger partial charge < -0.3 is 19.6 Å². The topological polar surface area (TPSA) is 70.1 Å². The van der Waals surface area contributed by atoms with E-state index in [9.17, 15) is 14.7 Å². The molecule has 1 fully saturated rings. The number of aryl methyl sites for hydroxylation is 1. The summed E-state index contributed by atoms with van der Waals surface area (Å²) in [5, 5.41) is 11.1. The van der Waals surface area contributed by atoms with E-state index in [0.29, 0.717) is 17.9 Å². The summed E-state index contributed by atoms with van der Waals surface area (Å²) in [5.41, 5.74) is 2.46. The molecule has 1 aliphatic rings. The first-order chi connectivity index (χ1) is 15.4. The van der Waals surface area contributed by atoms with Gasteiger partial charge in [0.15, 0.2) is 0 Å². The van der Waals surface area contributed by atoms with Crippen LogP contribution < -0.4 is 4.74 Å². The number of nitrogens with zero attached hydrogens (tertiary/aromatic N) is 2. The standard InChI is InChI=1S/C26H32N2O4/c1-5-27(6-2)15-8-16-28-23(19-13-11-18(3)12-14-19)22(25(30)26(28)31)24(29)20-9-7-10-21(17-20)32-4/h7,9-14,17,23,29H,5-6,8,15-16H2,1-4H3/t23-/m1/s1. The van der Waals surface area contributed by atoms with Crippen molar-refractivity contribution in [2.45, 2.75) is 33.2 Å². The first-order valence-corrected chi connectivity index (χ1v) is 11.1. The Morgan fingerprint density at radius 3 is 2.41 bits per heavy atom. The van der Waals surface area contributed by atoms with Crippen molar-refractivity contribution in [2.24, 2.45) is 0 Å². The molecule has 0 saturated carbocycles. The molecule has 1 saturated heterocycles. The molecule has 1 amide bonds. The van der Waals surface area contributed by atoms with Gasteiger partial charge in [0.25, 0.3) is 11.7 Å². The van der Waals surface area contributed by atoms with Gasteiger partial charge in [0.2, 0.25) is 0 Å². The molecule has 2 aromatic rings. The minimum atomic E-state index is -0.654. The Kier molecular flexibility index (Phi) is 7.70. The van der Waals surface area contributed by atoms with E-state index in [2.05, 4.69) is 18.7 Å².